The van der Waals surface area contributed by atoms with Gasteiger partial charge in [-0.05, 0) is 43.1 Å². The molecule has 0 radical (unpaired) electrons. The molecule has 0 saturated carbocycles. The van der Waals surface area contributed by atoms with Gasteiger partial charge in [-0.2, -0.15) is 0 Å². The van der Waals surface area contributed by atoms with Crippen molar-refractivity contribution in [2.45, 2.75) is 26.8 Å². The van der Waals surface area contributed by atoms with Gasteiger partial charge in [-0.1, -0.05) is 30.7 Å². The highest BCUT2D eigenvalue weighted by molar-refractivity contribution is 5.38. The summed E-state index contributed by atoms with van der Waals surface area (Å²) in [5, 5.41) is 3.40. The first kappa shape index (κ1) is 13.7. The van der Waals surface area contributed by atoms with E-state index in [1.54, 1.807) is 12.3 Å². The molecule has 1 N–H and O–H groups in total. The standard InChI is InChI=1S/C16H19FN2/c1-4-19-16(13-8-14(17)10-18-9-13)15-6-5-11(2)7-12(15)3/h5-10,16,19H,4H2,1-3H3. The summed E-state index contributed by atoms with van der Waals surface area (Å²) < 4.78 is 13.4. The van der Waals surface area contributed by atoms with Crippen molar-refractivity contribution in [3.05, 3.63) is 64.7 Å². The average Bonchev–Trinajstić information content (AvgIpc) is 2.37. The normalized spacial score (nSPS) is 12.4. The smallest absolute Gasteiger partial charge is 0.141 e. The van der Waals surface area contributed by atoms with Gasteiger partial charge in [-0.3, -0.25) is 4.98 Å². The fraction of sp³-hybridized carbons (Fsp3) is 0.312. The van der Waals surface area contributed by atoms with E-state index < -0.39 is 0 Å². The minimum Gasteiger partial charge on any atom is -0.306 e. The fourth-order valence-electron chi connectivity index (χ4n) is 2.35. The summed E-state index contributed by atoms with van der Waals surface area (Å²) in [6, 6.07) is 7.85. The highest BCUT2D eigenvalue weighted by Gasteiger charge is 2.16. The topological polar surface area (TPSA) is 24.9 Å². The molecule has 1 unspecified atom stereocenters. The van der Waals surface area contributed by atoms with Crippen molar-refractivity contribution in [2.75, 3.05) is 6.54 Å². The third-order valence-electron chi connectivity index (χ3n) is 3.20. The van der Waals surface area contributed by atoms with E-state index >= 15 is 0 Å². The van der Waals surface area contributed by atoms with Crippen molar-refractivity contribution < 1.29 is 4.39 Å². The van der Waals surface area contributed by atoms with Crippen LogP contribution in [0.2, 0.25) is 0 Å². The Morgan fingerprint density at radius 1 is 1.21 bits per heavy atom. The lowest BCUT2D eigenvalue weighted by atomic mass is 9.94. The lowest BCUT2D eigenvalue weighted by Gasteiger charge is -2.21. The number of hydrogen-bond donors (Lipinski definition) is 1. The lowest BCUT2D eigenvalue weighted by Crippen LogP contribution is -2.23. The number of hydrogen-bond acceptors (Lipinski definition) is 2. The number of aryl methyl sites for hydroxylation is 2. The zero-order chi connectivity index (χ0) is 13.8. The maximum absolute atomic E-state index is 13.4. The van der Waals surface area contributed by atoms with Crippen molar-refractivity contribution in [1.29, 1.82) is 0 Å². The highest BCUT2D eigenvalue weighted by Crippen LogP contribution is 2.25. The number of rotatable bonds is 4. The molecule has 2 nitrogen and oxygen atoms in total. The van der Waals surface area contributed by atoms with Gasteiger partial charge in [0.25, 0.3) is 0 Å². The van der Waals surface area contributed by atoms with Crippen molar-refractivity contribution >= 4 is 0 Å². The van der Waals surface area contributed by atoms with Gasteiger partial charge >= 0.3 is 0 Å². The fourth-order valence-corrected chi connectivity index (χ4v) is 2.35. The first-order chi connectivity index (χ1) is 9.11. The van der Waals surface area contributed by atoms with Crippen LogP contribution in [0.25, 0.3) is 0 Å². The molecule has 100 valence electrons. The number of nitrogens with one attached hydrogen (secondary N) is 1. The summed E-state index contributed by atoms with van der Waals surface area (Å²) in [5.74, 6) is -0.301. The summed E-state index contributed by atoms with van der Waals surface area (Å²) >= 11 is 0. The van der Waals surface area contributed by atoms with Crippen LogP contribution in [-0.4, -0.2) is 11.5 Å². The molecule has 19 heavy (non-hydrogen) atoms. The Hall–Kier alpha value is -1.74. The van der Waals surface area contributed by atoms with E-state index in [0.717, 1.165) is 12.1 Å². The molecule has 1 heterocycles. The molecule has 0 aliphatic carbocycles. The Balaban J connectivity index is 2.45. The van der Waals surface area contributed by atoms with Crippen LogP contribution in [0.15, 0.2) is 36.7 Å². The van der Waals surface area contributed by atoms with Gasteiger partial charge in [0.2, 0.25) is 0 Å². The second-order valence-electron chi connectivity index (χ2n) is 4.79. The van der Waals surface area contributed by atoms with E-state index in [4.69, 9.17) is 0 Å². The first-order valence-corrected chi connectivity index (χ1v) is 6.52. The zero-order valence-electron chi connectivity index (χ0n) is 11.6. The monoisotopic (exact) mass is 258 g/mol. The molecule has 1 aromatic heterocycles. The Bertz CT molecular complexity index is 566. The first-order valence-electron chi connectivity index (χ1n) is 6.52. The summed E-state index contributed by atoms with van der Waals surface area (Å²) in [7, 11) is 0. The summed E-state index contributed by atoms with van der Waals surface area (Å²) in [6.07, 6.45) is 2.95. The number of halogens is 1. The van der Waals surface area contributed by atoms with Gasteiger partial charge in [0.1, 0.15) is 5.82 Å². The molecule has 0 fully saturated rings. The van der Waals surface area contributed by atoms with E-state index in [2.05, 4.69) is 42.3 Å². The second kappa shape index (κ2) is 5.93. The Kier molecular flexibility index (Phi) is 4.27. The van der Waals surface area contributed by atoms with Crippen LogP contribution in [-0.2, 0) is 0 Å². The number of aromatic nitrogens is 1. The van der Waals surface area contributed by atoms with Crippen LogP contribution in [0.3, 0.4) is 0 Å². The van der Waals surface area contributed by atoms with E-state index in [0.29, 0.717) is 0 Å². The summed E-state index contributed by atoms with van der Waals surface area (Å²) in [6.45, 7) is 7.01. The molecular formula is C16H19FN2. The number of nitrogens with zero attached hydrogens (tertiary/aromatic N) is 1. The van der Waals surface area contributed by atoms with Crippen molar-refractivity contribution in [2.24, 2.45) is 0 Å². The van der Waals surface area contributed by atoms with E-state index in [1.165, 1.54) is 22.9 Å². The molecule has 2 aromatic rings. The third-order valence-corrected chi connectivity index (χ3v) is 3.20. The second-order valence-corrected chi connectivity index (χ2v) is 4.79. The number of pyridine rings is 1. The maximum atomic E-state index is 13.4. The predicted octanol–water partition coefficient (Wildman–Crippen LogP) is 3.54. The molecule has 0 amide bonds. The van der Waals surface area contributed by atoms with Crippen LogP contribution in [0.5, 0.6) is 0 Å². The van der Waals surface area contributed by atoms with E-state index in [1.807, 2.05) is 6.92 Å². The highest BCUT2D eigenvalue weighted by atomic mass is 19.1. The molecule has 3 heteroatoms. The van der Waals surface area contributed by atoms with Gasteiger partial charge < -0.3 is 5.32 Å². The zero-order valence-corrected chi connectivity index (χ0v) is 11.6. The van der Waals surface area contributed by atoms with Crippen molar-refractivity contribution in [1.82, 2.24) is 10.3 Å². The molecule has 1 atom stereocenters. The van der Waals surface area contributed by atoms with Gasteiger partial charge in [-0.15, -0.1) is 0 Å². The van der Waals surface area contributed by atoms with Crippen LogP contribution in [0, 0.1) is 19.7 Å². The molecule has 0 bridgehead atoms. The Morgan fingerprint density at radius 3 is 2.63 bits per heavy atom. The van der Waals surface area contributed by atoms with Crippen LogP contribution < -0.4 is 5.32 Å². The minimum atomic E-state index is -0.301. The summed E-state index contributed by atoms with van der Waals surface area (Å²) in [5.41, 5.74) is 4.46. The average molecular weight is 258 g/mol. The summed E-state index contributed by atoms with van der Waals surface area (Å²) in [4.78, 5) is 3.95. The van der Waals surface area contributed by atoms with Gasteiger partial charge in [0.05, 0.1) is 12.2 Å². The van der Waals surface area contributed by atoms with E-state index in [9.17, 15) is 4.39 Å². The van der Waals surface area contributed by atoms with Gasteiger partial charge in [-0.25, -0.2) is 4.39 Å². The number of benzene rings is 1. The van der Waals surface area contributed by atoms with E-state index in [-0.39, 0.29) is 11.9 Å². The molecule has 1 aromatic carbocycles. The molecule has 0 aliphatic heterocycles. The van der Waals surface area contributed by atoms with Crippen LogP contribution >= 0.6 is 0 Å². The molecule has 0 saturated heterocycles. The molecule has 0 aliphatic rings. The van der Waals surface area contributed by atoms with Gasteiger partial charge in [0, 0.05) is 6.20 Å². The Morgan fingerprint density at radius 2 is 2.00 bits per heavy atom. The SMILES string of the molecule is CCNC(c1cncc(F)c1)c1ccc(C)cc1C. The van der Waals surface area contributed by atoms with Gasteiger partial charge in [0.15, 0.2) is 0 Å². The Labute approximate surface area is 113 Å². The van der Waals surface area contributed by atoms with Crippen LogP contribution in [0.4, 0.5) is 4.39 Å². The third kappa shape index (κ3) is 3.18. The van der Waals surface area contributed by atoms with Crippen molar-refractivity contribution in [3.63, 3.8) is 0 Å². The quantitative estimate of drug-likeness (QED) is 0.907. The molecular weight excluding hydrogens is 239 g/mol. The predicted molar refractivity (Wildman–Crippen MR) is 75.6 cm³/mol. The largest absolute Gasteiger partial charge is 0.306 e. The molecule has 2 rings (SSSR count). The molecule has 0 spiro atoms. The van der Waals surface area contributed by atoms with Crippen molar-refractivity contribution in [3.8, 4) is 0 Å². The minimum absolute atomic E-state index is 0.0196. The lowest BCUT2D eigenvalue weighted by molar-refractivity contribution is 0.594. The maximum Gasteiger partial charge on any atom is 0.141 e. The van der Waals surface area contributed by atoms with Crippen LogP contribution in [0.1, 0.15) is 35.2 Å².